The number of carbonyl (C=O) groups is 1. The van der Waals surface area contributed by atoms with Crippen molar-refractivity contribution in [3.63, 3.8) is 0 Å². The summed E-state index contributed by atoms with van der Waals surface area (Å²) in [6.07, 6.45) is 3.40. The second-order valence-corrected chi connectivity index (χ2v) is 8.50. The van der Waals surface area contributed by atoms with Crippen LogP contribution >= 0.6 is 0 Å². The summed E-state index contributed by atoms with van der Waals surface area (Å²) >= 11 is 0. The number of aryl methyl sites for hydroxylation is 2. The number of nitrogens with zero attached hydrogens (tertiary/aromatic N) is 4. The van der Waals surface area contributed by atoms with E-state index in [9.17, 15) is 9.18 Å². The molecule has 1 atom stereocenters. The van der Waals surface area contributed by atoms with Gasteiger partial charge in [0, 0.05) is 12.1 Å². The number of hydrogen-bond donors (Lipinski definition) is 1. The van der Waals surface area contributed by atoms with Crippen LogP contribution in [0.15, 0.2) is 36.5 Å². The lowest BCUT2D eigenvalue weighted by Crippen LogP contribution is -2.37. The van der Waals surface area contributed by atoms with Gasteiger partial charge in [-0.2, -0.15) is 10.2 Å². The van der Waals surface area contributed by atoms with Crippen LogP contribution in [0.3, 0.4) is 0 Å². The number of amides is 1. The molecule has 1 aromatic carbocycles. The average Bonchev–Trinajstić information content (AvgIpc) is 3.24. The molecule has 3 aromatic rings. The molecule has 1 amide bonds. The third-order valence-corrected chi connectivity index (χ3v) is 5.47. The predicted octanol–water partition coefficient (Wildman–Crippen LogP) is 3.98. The first-order valence-electron chi connectivity index (χ1n) is 9.95. The Balaban J connectivity index is 1.69. The number of nitrogens with one attached hydrogen (secondary N) is 1. The van der Waals surface area contributed by atoms with E-state index < -0.39 is 0 Å². The molecule has 0 saturated carbocycles. The van der Waals surface area contributed by atoms with E-state index in [2.05, 4.69) is 29.4 Å². The van der Waals surface area contributed by atoms with Crippen LogP contribution in [0.4, 0.5) is 4.39 Å². The van der Waals surface area contributed by atoms with Gasteiger partial charge in [-0.15, -0.1) is 0 Å². The fraction of sp³-hybridized carbons (Fsp3) is 0.409. The summed E-state index contributed by atoms with van der Waals surface area (Å²) < 4.78 is 17.3. The van der Waals surface area contributed by atoms with E-state index in [1.165, 1.54) is 12.1 Å². The zero-order valence-corrected chi connectivity index (χ0v) is 17.2. The highest BCUT2D eigenvalue weighted by Gasteiger charge is 2.36. The lowest BCUT2D eigenvalue weighted by atomic mass is 9.74. The van der Waals surface area contributed by atoms with Gasteiger partial charge in [0.1, 0.15) is 11.5 Å². The summed E-state index contributed by atoms with van der Waals surface area (Å²) in [5.74, 6) is -0.436. The first-order valence-corrected chi connectivity index (χ1v) is 9.95. The van der Waals surface area contributed by atoms with Crippen molar-refractivity contribution in [3.05, 3.63) is 65.0 Å². The molecule has 4 rings (SSSR count). The summed E-state index contributed by atoms with van der Waals surface area (Å²) in [6.45, 7) is 8.84. The maximum absolute atomic E-state index is 13.7. The van der Waals surface area contributed by atoms with Gasteiger partial charge in [0.2, 0.25) is 0 Å². The highest BCUT2D eigenvalue weighted by molar-refractivity contribution is 5.93. The van der Waals surface area contributed by atoms with Crippen LogP contribution in [0.5, 0.6) is 0 Å². The molecule has 152 valence electrons. The van der Waals surface area contributed by atoms with E-state index in [4.69, 9.17) is 0 Å². The van der Waals surface area contributed by atoms with Gasteiger partial charge in [-0.05, 0) is 56.4 Å². The van der Waals surface area contributed by atoms with Crippen molar-refractivity contribution < 1.29 is 9.18 Å². The summed E-state index contributed by atoms with van der Waals surface area (Å²) in [5.41, 5.74) is 4.04. The maximum Gasteiger partial charge on any atom is 0.270 e. The monoisotopic (exact) mass is 395 g/mol. The molecule has 6 nitrogen and oxygen atoms in total. The highest BCUT2D eigenvalue weighted by Crippen LogP contribution is 2.41. The minimum Gasteiger partial charge on any atom is -0.344 e. The lowest BCUT2D eigenvalue weighted by Gasteiger charge is -2.36. The van der Waals surface area contributed by atoms with Gasteiger partial charge in [-0.1, -0.05) is 19.9 Å². The molecule has 0 saturated heterocycles. The predicted molar refractivity (Wildman–Crippen MR) is 108 cm³/mol. The van der Waals surface area contributed by atoms with Crippen LogP contribution in [-0.4, -0.2) is 25.5 Å². The smallest absolute Gasteiger partial charge is 0.270 e. The second-order valence-electron chi connectivity index (χ2n) is 8.50. The average molecular weight is 395 g/mol. The Hall–Kier alpha value is -2.96. The van der Waals surface area contributed by atoms with Crippen LogP contribution < -0.4 is 5.32 Å². The molecule has 0 bridgehead atoms. The zero-order chi connectivity index (χ0) is 20.8. The zero-order valence-electron chi connectivity index (χ0n) is 17.2. The first-order chi connectivity index (χ1) is 13.8. The third-order valence-electron chi connectivity index (χ3n) is 5.47. The molecule has 29 heavy (non-hydrogen) atoms. The number of rotatable bonds is 4. The van der Waals surface area contributed by atoms with Crippen LogP contribution in [0.1, 0.15) is 60.7 Å². The summed E-state index contributed by atoms with van der Waals surface area (Å²) in [6, 6.07) is 8.07. The maximum atomic E-state index is 13.7. The SMILES string of the molecule is CCn1nc(C)cc1C(=O)N[C@@H]1CC(C)(C)Cc2c1cnn2-c1cccc(F)c1. The molecule has 0 spiro atoms. The van der Waals surface area contributed by atoms with Crippen molar-refractivity contribution in [1.29, 1.82) is 0 Å². The van der Waals surface area contributed by atoms with Crippen molar-refractivity contribution in [3.8, 4) is 5.69 Å². The number of aromatic nitrogens is 4. The largest absolute Gasteiger partial charge is 0.344 e. The Labute approximate surface area is 169 Å². The normalized spacial score (nSPS) is 17.8. The van der Waals surface area contributed by atoms with Gasteiger partial charge in [0.05, 0.1) is 29.3 Å². The van der Waals surface area contributed by atoms with Gasteiger partial charge in [0.15, 0.2) is 0 Å². The van der Waals surface area contributed by atoms with E-state index in [0.29, 0.717) is 17.9 Å². The number of carbonyl (C=O) groups excluding carboxylic acids is 1. The van der Waals surface area contributed by atoms with Gasteiger partial charge in [0.25, 0.3) is 5.91 Å². The number of benzene rings is 1. The Morgan fingerprint density at radius 2 is 2.14 bits per heavy atom. The molecule has 1 aliphatic rings. The number of halogens is 1. The summed E-state index contributed by atoms with van der Waals surface area (Å²) in [4.78, 5) is 13.0. The van der Waals surface area contributed by atoms with Crippen molar-refractivity contribution in [2.45, 2.75) is 53.1 Å². The van der Waals surface area contributed by atoms with Gasteiger partial charge in [-0.3, -0.25) is 9.48 Å². The molecule has 2 aromatic heterocycles. The van der Waals surface area contributed by atoms with Crippen molar-refractivity contribution in [2.75, 3.05) is 0 Å². The van der Waals surface area contributed by atoms with Gasteiger partial charge < -0.3 is 5.32 Å². The fourth-order valence-electron chi connectivity index (χ4n) is 4.20. The molecule has 0 aliphatic heterocycles. The van der Waals surface area contributed by atoms with Crippen molar-refractivity contribution in [1.82, 2.24) is 24.9 Å². The molecule has 0 unspecified atom stereocenters. The van der Waals surface area contributed by atoms with Gasteiger partial charge in [-0.25, -0.2) is 9.07 Å². The minimum atomic E-state index is -0.296. The van der Waals surface area contributed by atoms with Crippen LogP contribution in [0.25, 0.3) is 5.69 Å². The topological polar surface area (TPSA) is 64.7 Å². The molecular weight excluding hydrogens is 369 g/mol. The fourth-order valence-corrected chi connectivity index (χ4v) is 4.20. The third kappa shape index (κ3) is 3.69. The Morgan fingerprint density at radius 1 is 1.34 bits per heavy atom. The van der Waals surface area contributed by atoms with E-state index in [0.717, 1.165) is 29.8 Å². The number of hydrogen-bond acceptors (Lipinski definition) is 3. The van der Waals surface area contributed by atoms with Crippen LogP contribution in [0, 0.1) is 18.2 Å². The second kappa shape index (κ2) is 7.13. The molecule has 7 heteroatoms. The molecule has 0 radical (unpaired) electrons. The van der Waals surface area contributed by atoms with E-state index in [-0.39, 0.29) is 23.2 Å². The van der Waals surface area contributed by atoms with Crippen LogP contribution in [-0.2, 0) is 13.0 Å². The highest BCUT2D eigenvalue weighted by atomic mass is 19.1. The Bertz CT molecular complexity index is 1070. The first kappa shape index (κ1) is 19.4. The molecule has 1 aliphatic carbocycles. The lowest BCUT2D eigenvalue weighted by molar-refractivity contribution is 0.0908. The minimum absolute atomic E-state index is 0.0308. The summed E-state index contributed by atoms with van der Waals surface area (Å²) in [7, 11) is 0. The van der Waals surface area contributed by atoms with Gasteiger partial charge >= 0.3 is 0 Å². The number of fused-ring (bicyclic) bond motifs is 1. The van der Waals surface area contributed by atoms with E-state index >= 15 is 0 Å². The molecule has 2 heterocycles. The molecule has 0 fully saturated rings. The van der Waals surface area contributed by atoms with Crippen molar-refractivity contribution in [2.24, 2.45) is 5.41 Å². The summed E-state index contributed by atoms with van der Waals surface area (Å²) in [5, 5.41) is 12.1. The van der Waals surface area contributed by atoms with Crippen molar-refractivity contribution >= 4 is 5.91 Å². The quantitative estimate of drug-likeness (QED) is 0.727. The van der Waals surface area contributed by atoms with E-state index in [1.54, 1.807) is 21.6 Å². The van der Waals surface area contributed by atoms with E-state index in [1.807, 2.05) is 26.0 Å². The molecule has 1 N–H and O–H groups in total. The standard InChI is InChI=1S/C22H26FN5O/c1-5-27-19(9-14(2)26-27)21(29)25-18-11-22(3,4)12-20-17(18)13-24-28(20)16-8-6-7-15(23)10-16/h6-10,13,18H,5,11-12H2,1-4H3,(H,25,29)/t18-/m1/s1. The molecular formula is C22H26FN5O. The Kier molecular flexibility index (Phi) is 4.76. The van der Waals surface area contributed by atoms with Crippen LogP contribution in [0.2, 0.25) is 0 Å². The Morgan fingerprint density at radius 3 is 2.86 bits per heavy atom.